The molecule has 1 rings (SSSR count). The summed E-state index contributed by atoms with van der Waals surface area (Å²) >= 11 is 0. The lowest BCUT2D eigenvalue weighted by Crippen LogP contribution is -2.25. The molecule has 0 aromatic rings. The Hall–Kier alpha value is -0.340. The van der Waals surface area contributed by atoms with Gasteiger partial charge in [-0.15, -0.1) is 0 Å². The Bertz CT molecular complexity index is 111. The van der Waals surface area contributed by atoms with E-state index in [4.69, 9.17) is 10.8 Å². The molecule has 0 fully saturated rings. The van der Waals surface area contributed by atoms with Gasteiger partial charge in [0.15, 0.2) is 0 Å². The van der Waals surface area contributed by atoms with Crippen molar-refractivity contribution in [3.05, 3.63) is 12.2 Å². The normalized spacial score (nSPS) is 34.9. The van der Waals surface area contributed by atoms with Crippen LogP contribution < -0.4 is 5.73 Å². The van der Waals surface area contributed by atoms with Crippen LogP contribution in [0.4, 0.5) is 0 Å². The van der Waals surface area contributed by atoms with Gasteiger partial charge < -0.3 is 10.8 Å². The third-order valence-electron chi connectivity index (χ3n) is 1.72. The maximum atomic E-state index is 8.72. The number of aliphatic hydroxyl groups excluding tert-OH is 1. The average molecular weight is 127 g/mol. The second-order valence-corrected chi connectivity index (χ2v) is 2.61. The summed E-state index contributed by atoms with van der Waals surface area (Å²) in [6.07, 6.45) is 5.98. The fraction of sp³-hybridized carbons (Fsp3) is 0.714. The van der Waals surface area contributed by atoms with Gasteiger partial charge in [-0.1, -0.05) is 12.2 Å². The van der Waals surface area contributed by atoms with E-state index < -0.39 is 0 Å². The summed E-state index contributed by atoms with van der Waals surface area (Å²) in [6, 6.07) is 0.177. The smallest absolute Gasteiger partial charge is 0.0462 e. The molecule has 2 heteroatoms. The Morgan fingerprint density at radius 1 is 1.67 bits per heavy atom. The van der Waals surface area contributed by atoms with Crippen molar-refractivity contribution < 1.29 is 5.11 Å². The summed E-state index contributed by atoms with van der Waals surface area (Å²) in [6.45, 7) is 0.276. The van der Waals surface area contributed by atoms with Crippen molar-refractivity contribution in [3.8, 4) is 0 Å². The van der Waals surface area contributed by atoms with Gasteiger partial charge in [0.25, 0.3) is 0 Å². The molecule has 0 spiro atoms. The van der Waals surface area contributed by atoms with Crippen LogP contribution in [0.1, 0.15) is 12.8 Å². The van der Waals surface area contributed by atoms with Gasteiger partial charge in [0.05, 0.1) is 0 Å². The molecule has 0 aromatic carbocycles. The van der Waals surface area contributed by atoms with Crippen LogP contribution in [0.5, 0.6) is 0 Å². The van der Waals surface area contributed by atoms with Gasteiger partial charge in [0.1, 0.15) is 0 Å². The number of hydrogen-bond donors (Lipinski definition) is 2. The van der Waals surface area contributed by atoms with E-state index in [1.54, 1.807) is 0 Å². The molecule has 1 aliphatic rings. The van der Waals surface area contributed by atoms with E-state index in [2.05, 4.69) is 6.08 Å². The van der Waals surface area contributed by atoms with Crippen LogP contribution in [0.15, 0.2) is 12.2 Å². The molecule has 2 nitrogen and oxygen atoms in total. The highest BCUT2D eigenvalue weighted by molar-refractivity contribution is 4.98. The van der Waals surface area contributed by atoms with Gasteiger partial charge in [-0.05, 0) is 18.8 Å². The molecule has 0 unspecified atom stereocenters. The summed E-state index contributed by atoms with van der Waals surface area (Å²) in [5, 5.41) is 8.72. The Morgan fingerprint density at radius 2 is 2.44 bits per heavy atom. The summed E-state index contributed by atoms with van der Waals surface area (Å²) < 4.78 is 0. The van der Waals surface area contributed by atoms with Crippen LogP contribution in [0.2, 0.25) is 0 Å². The van der Waals surface area contributed by atoms with Crippen molar-refractivity contribution in [1.29, 1.82) is 0 Å². The third kappa shape index (κ3) is 1.80. The SMILES string of the molecule is N[C@H]1C=CC[C@H](CO)C1. The Kier molecular flexibility index (Phi) is 2.25. The van der Waals surface area contributed by atoms with Gasteiger partial charge in [-0.25, -0.2) is 0 Å². The molecular formula is C7H13NO. The van der Waals surface area contributed by atoms with E-state index in [-0.39, 0.29) is 12.6 Å². The molecule has 0 radical (unpaired) electrons. The van der Waals surface area contributed by atoms with E-state index in [1.165, 1.54) is 0 Å². The molecule has 52 valence electrons. The number of rotatable bonds is 1. The average Bonchev–Trinajstić information content (AvgIpc) is 1.88. The molecule has 0 aliphatic heterocycles. The van der Waals surface area contributed by atoms with Gasteiger partial charge >= 0.3 is 0 Å². The summed E-state index contributed by atoms with van der Waals surface area (Å²) in [7, 11) is 0. The highest BCUT2D eigenvalue weighted by Crippen LogP contribution is 2.15. The van der Waals surface area contributed by atoms with Crippen LogP contribution >= 0.6 is 0 Å². The number of hydrogen-bond acceptors (Lipinski definition) is 2. The topological polar surface area (TPSA) is 46.2 Å². The van der Waals surface area contributed by atoms with E-state index in [0.29, 0.717) is 5.92 Å². The van der Waals surface area contributed by atoms with Gasteiger partial charge in [0, 0.05) is 12.6 Å². The minimum atomic E-state index is 0.177. The second kappa shape index (κ2) is 2.99. The van der Waals surface area contributed by atoms with Crippen molar-refractivity contribution >= 4 is 0 Å². The van der Waals surface area contributed by atoms with Crippen molar-refractivity contribution in [2.45, 2.75) is 18.9 Å². The Balaban J connectivity index is 2.38. The fourth-order valence-electron chi connectivity index (χ4n) is 1.15. The third-order valence-corrected chi connectivity index (χ3v) is 1.72. The van der Waals surface area contributed by atoms with Crippen molar-refractivity contribution in [2.75, 3.05) is 6.61 Å². The highest BCUT2D eigenvalue weighted by Gasteiger charge is 2.12. The van der Waals surface area contributed by atoms with E-state index >= 15 is 0 Å². The monoisotopic (exact) mass is 127 g/mol. The first-order valence-corrected chi connectivity index (χ1v) is 3.36. The predicted octanol–water partition coefficient (Wildman–Crippen LogP) is 0.272. The molecular weight excluding hydrogens is 114 g/mol. The molecule has 1 aliphatic carbocycles. The van der Waals surface area contributed by atoms with Crippen LogP contribution in [0, 0.1) is 5.92 Å². The van der Waals surface area contributed by atoms with Gasteiger partial charge in [-0.3, -0.25) is 0 Å². The Morgan fingerprint density at radius 3 is 2.89 bits per heavy atom. The molecule has 3 N–H and O–H groups in total. The van der Waals surface area contributed by atoms with Crippen LogP contribution in [-0.2, 0) is 0 Å². The molecule has 0 amide bonds. The lowest BCUT2D eigenvalue weighted by molar-refractivity contribution is 0.213. The summed E-state index contributed by atoms with van der Waals surface area (Å²) in [5.74, 6) is 0.407. The van der Waals surface area contributed by atoms with E-state index in [9.17, 15) is 0 Å². The maximum absolute atomic E-state index is 8.72. The largest absolute Gasteiger partial charge is 0.396 e. The van der Waals surface area contributed by atoms with E-state index in [1.807, 2.05) is 6.08 Å². The van der Waals surface area contributed by atoms with Crippen molar-refractivity contribution in [1.82, 2.24) is 0 Å². The number of nitrogens with two attached hydrogens (primary N) is 1. The molecule has 0 saturated heterocycles. The molecule has 0 aromatic heterocycles. The molecule has 2 atom stereocenters. The molecule has 0 bridgehead atoms. The molecule has 0 heterocycles. The fourth-order valence-corrected chi connectivity index (χ4v) is 1.15. The minimum Gasteiger partial charge on any atom is -0.396 e. The predicted molar refractivity (Wildman–Crippen MR) is 36.9 cm³/mol. The lowest BCUT2D eigenvalue weighted by atomic mass is 9.92. The van der Waals surface area contributed by atoms with Crippen LogP contribution in [0.25, 0.3) is 0 Å². The first-order valence-electron chi connectivity index (χ1n) is 3.36. The Labute approximate surface area is 55.4 Å². The number of aliphatic hydroxyl groups is 1. The zero-order valence-electron chi connectivity index (χ0n) is 5.46. The van der Waals surface area contributed by atoms with Crippen molar-refractivity contribution in [3.63, 3.8) is 0 Å². The quantitative estimate of drug-likeness (QED) is 0.497. The lowest BCUT2D eigenvalue weighted by Gasteiger charge is -2.19. The second-order valence-electron chi connectivity index (χ2n) is 2.61. The first-order chi connectivity index (χ1) is 4.33. The van der Waals surface area contributed by atoms with Gasteiger partial charge in [-0.2, -0.15) is 0 Å². The van der Waals surface area contributed by atoms with Crippen LogP contribution in [-0.4, -0.2) is 17.8 Å². The molecule has 9 heavy (non-hydrogen) atoms. The highest BCUT2D eigenvalue weighted by atomic mass is 16.3. The standard InChI is InChI=1S/C7H13NO/c8-7-3-1-2-6(4-7)5-9/h1,3,6-7,9H,2,4-5,8H2/t6-,7-/m0/s1. The van der Waals surface area contributed by atoms with Crippen LogP contribution in [0.3, 0.4) is 0 Å². The van der Waals surface area contributed by atoms with Crippen molar-refractivity contribution in [2.24, 2.45) is 11.7 Å². The number of allylic oxidation sites excluding steroid dienone is 1. The summed E-state index contributed by atoms with van der Waals surface area (Å²) in [4.78, 5) is 0. The zero-order chi connectivity index (χ0) is 6.69. The first kappa shape index (κ1) is 6.78. The molecule has 0 saturated carbocycles. The van der Waals surface area contributed by atoms with E-state index in [0.717, 1.165) is 12.8 Å². The summed E-state index contributed by atoms with van der Waals surface area (Å²) in [5.41, 5.74) is 5.60. The zero-order valence-corrected chi connectivity index (χ0v) is 5.46. The minimum absolute atomic E-state index is 0.177. The van der Waals surface area contributed by atoms with Gasteiger partial charge in [0.2, 0.25) is 0 Å². The maximum Gasteiger partial charge on any atom is 0.0462 e.